The summed E-state index contributed by atoms with van der Waals surface area (Å²) in [5.74, 6) is 1.16. The van der Waals surface area contributed by atoms with Crippen LogP contribution in [0.3, 0.4) is 0 Å². The third kappa shape index (κ3) is 4.20. The van der Waals surface area contributed by atoms with Crippen molar-refractivity contribution in [1.82, 2.24) is 5.32 Å². The predicted octanol–water partition coefficient (Wildman–Crippen LogP) is 4.98. The average Bonchev–Trinajstić information content (AvgIpc) is 2.42. The topological polar surface area (TPSA) is 32.3 Å². The lowest BCUT2D eigenvalue weighted by Crippen LogP contribution is -2.33. The molecule has 1 fully saturated rings. The Hall–Kier alpha value is -0.0600. The lowest BCUT2D eigenvalue weighted by Gasteiger charge is -2.29. The zero-order chi connectivity index (χ0) is 13.8. The van der Waals surface area contributed by atoms with Crippen molar-refractivity contribution in [2.45, 2.75) is 51.6 Å². The number of rotatable bonds is 4. The van der Waals surface area contributed by atoms with Gasteiger partial charge in [0.1, 0.15) is 5.75 Å². The Balaban J connectivity index is 1.91. The average molecular weight is 391 g/mol. The molecular formula is C15H21Br2NO. The van der Waals surface area contributed by atoms with E-state index in [2.05, 4.69) is 44.1 Å². The van der Waals surface area contributed by atoms with Crippen molar-refractivity contribution in [3.8, 4) is 5.75 Å². The van der Waals surface area contributed by atoms with Crippen LogP contribution in [0.4, 0.5) is 0 Å². The molecule has 106 valence electrons. The second-order valence-corrected chi connectivity index (χ2v) is 7.14. The van der Waals surface area contributed by atoms with Crippen LogP contribution in [0.5, 0.6) is 5.75 Å². The maximum Gasteiger partial charge on any atom is 0.143 e. The van der Waals surface area contributed by atoms with Crippen molar-refractivity contribution in [2.75, 3.05) is 0 Å². The molecule has 0 heterocycles. The zero-order valence-electron chi connectivity index (χ0n) is 11.3. The smallest absolute Gasteiger partial charge is 0.143 e. The van der Waals surface area contributed by atoms with Gasteiger partial charge >= 0.3 is 0 Å². The number of phenols is 1. The molecule has 0 saturated heterocycles. The quantitative estimate of drug-likeness (QED) is 0.760. The lowest BCUT2D eigenvalue weighted by molar-refractivity contribution is 0.278. The van der Waals surface area contributed by atoms with Crippen molar-refractivity contribution < 1.29 is 5.11 Å². The first-order chi connectivity index (χ1) is 9.10. The zero-order valence-corrected chi connectivity index (χ0v) is 14.4. The van der Waals surface area contributed by atoms with Crippen LogP contribution in [-0.2, 0) is 6.54 Å². The third-order valence-corrected chi connectivity index (χ3v) is 5.24. The molecule has 1 aromatic rings. The van der Waals surface area contributed by atoms with E-state index in [1.165, 1.54) is 37.7 Å². The number of hydrogen-bond acceptors (Lipinski definition) is 2. The summed E-state index contributed by atoms with van der Waals surface area (Å²) in [6.45, 7) is 3.15. The molecule has 1 aliphatic rings. The Labute approximate surface area is 132 Å². The summed E-state index contributed by atoms with van der Waals surface area (Å²) in [5.41, 5.74) is 1.19. The molecule has 4 heteroatoms. The number of hydrogen-bond donors (Lipinski definition) is 2. The van der Waals surface area contributed by atoms with Crippen LogP contribution in [-0.4, -0.2) is 11.1 Å². The molecule has 0 aliphatic heterocycles. The molecule has 2 atom stereocenters. The molecule has 0 spiro atoms. The van der Waals surface area contributed by atoms with Gasteiger partial charge in [0.25, 0.3) is 0 Å². The largest absolute Gasteiger partial charge is 0.506 e. The van der Waals surface area contributed by atoms with Crippen LogP contribution < -0.4 is 5.32 Å². The van der Waals surface area contributed by atoms with Gasteiger partial charge < -0.3 is 10.4 Å². The molecule has 1 aliphatic carbocycles. The van der Waals surface area contributed by atoms with Gasteiger partial charge in [-0.2, -0.15) is 0 Å². The molecule has 0 aromatic heterocycles. The minimum absolute atomic E-state index is 0.271. The highest BCUT2D eigenvalue weighted by Crippen LogP contribution is 2.33. The van der Waals surface area contributed by atoms with Gasteiger partial charge in [0.05, 0.1) is 8.95 Å². The summed E-state index contributed by atoms with van der Waals surface area (Å²) >= 11 is 6.75. The highest BCUT2D eigenvalue weighted by atomic mass is 79.9. The maximum atomic E-state index is 9.70. The molecule has 0 amide bonds. The summed E-state index contributed by atoms with van der Waals surface area (Å²) in [6.07, 6.45) is 6.63. The number of halogens is 2. The standard InChI is InChI=1S/C15H21Br2NO/c1-2-10-4-3-5-12(6-10)18-9-11-7-13(16)15(19)14(17)8-11/h7-8,10,12,18-19H,2-6,9H2,1H3. The monoisotopic (exact) mass is 389 g/mol. The molecular weight excluding hydrogens is 370 g/mol. The number of benzene rings is 1. The first-order valence-corrected chi connectivity index (χ1v) is 8.59. The van der Waals surface area contributed by atoms with Crippen molar-refractivity contribution >= 4 is 31.9 Å². The van der Waals surface area contributed by atoms with Gasteiger partial charge in [0.15, 0.2) is 0 Å². The normalized spacial score (nSPS) is 23.5. The van der Waals surface area contributed by atoms with Gasteiger partial charge in [-0.25, -0.2) is 0 Å². The van der Waals surface area contributed by atoms with Gasteiger partial charge in [-0.15, -0.1) is 0 Å². The first kappa shape index (κ1) is 15.3. The molecule has 2 nitrogen and oxygen atoms in total. The summed E-state index contributed by atoms with van der Waals surface area (Å²) in [6, 6.07) is 4.60. The Morgan fingerprint density at radius 1 is 1.26 bits per heavy atom. The Kier molecular flexibility index (Phi) is 5.72. The fourth-order valence-electron chi connectivity index (χ4n) is 2.83. The van der Waals surface area contributed by atoms with Crippen LogP contribution in [0, 0.1) is 5.92 Å². The van der Waals surface area contributed by atoms with Crippen LogP contribution in [0.25, 0.3) is 0 Å². The second kappa shape index (κ2) is 7.09. The van der Waals surface area contributed by atoms with E-state index >= 15 is 0 Å². The van der Waals surface area contributed by atoms with Crippen molar-refractivity contribution in [3.63, 3.8) is 0 Å². The van der Waals surface area contributed by atoms with Gasteiger partial charge in [0, 0.05) is 12.6 Å². The number of aromatic hydroxyl groups is 1. The molecule has 0 radical (unpaired) electrons. The van der Waals surface area contributed by atoms with Crippen molar-refractivity contribution in [3.05, 3.63) is 26.6 Å². The van der Waals surface area contributed by atoms with E-state index in [1.54, 1.807) is 0 Å². The highest BCUT2D eigenvalue weighted by Gasteiger charge is 2.20. The summed E-state index contributed by atoms with van der Waals surface area (Å²) in [5, 5.41) is 13.4. The fourth-order valence-corrected chi connectivity index (χ4v) is 4.11. The van der Waals surface area contributed by atoms with Gasteiger partial charge in [-0.05, 0) is 68.3 Å². The summed E-state index contributed by atoms with van der Waals surface area (Å²) in [4.78, 5) is 0. The first-order valence-electron chi connectivity index (χ1n) is 7.00. The van der Waals surface area contributed by atoms with E-state index in [4.69, 9.17) is 0 Å². The van der Waals surface area contributed by atoms with E-state index in [0.717, 1.165) is 21.4 Å². The predicted molar refractivity (Wildman–Crippen MR) is 86.4 cm³/mol. The second-order valence-electron chi connectivity index (χ2n) is 5.43. The van der Waals surface area contributed by atoms with E-state index in [1.807, 2.05) is 12.1 Å². The summed E-state index contributed by atoms with van der Waals surface area (Å²) < 4.78 is 1.49. The van der Waals surface area contributed by atoms with E-state index in [-0.39, 0.29) is 5.75 Å². The van der Waals surface area contributed by atoms with Gasteiger partial charge in [-0.1, -0.05) is 26.2 Å². The molecule has 2 unspecified atom stereocenters. The van der Waals surface area contributed by atoms with Crippen LogP contribution in [0.15, 0.2) is 21.1 Å². The Bertz CT molecular complexity index is 413. The Morgan fingerprint density at radius 3 is 2.58 bits per heavy atom. The molecule has 1 saturated carbocycles. The van der Waals surface area contributed by atoms with E-state index in [0.29, 0.717) is 6.04 Å². The highest BCUT2D eigenvalue weighted by molar-refractivity contribution is 9.11. The summed E-state index contributed by atoms with van der Waals surface area (Å²) in [7, 11) is 0. The Morgan fingerprint density at radius 2 is 1.95 bits per heavy atom. The van der Waals surface area contributed by atoms with Crippen LogP contribution >= 0.6 is 31.9 Å². The molecule has 2 N–H and O–H groups in total. The van der Waals surface area contributed by atoms with Crippen LogP contribution in [0.2, 0.25) is 0 Å². The third-order valence-electron chi connectivity index (χ3n) is 4.03. The molecule has 2 rings (SSSR count). The fraction of sp³-hybridized carbons (Fsp3) is 0.600. The molecule has 0 bridgehead atoms. The minimum Gasteiger partial charge on any atom is -0.506 e. The molecule has 1 aromatic carbocycles. The van der Waals surface area contributed by atoms with E-state index < -0.39 is 0 Å². The van der Waals surface area contributed by atoms with Crippen molar-refractivity contribution in [2.24, 2.45) is 5.92 Å². The molecule has 19 heavy (non-hydrogen) atoms. The van der Waals surface area contributed by atoms with Gasteiger partial charge in [0.2, 0.25) is 0 Å². The van der Waals surface area contributed by atoms with Crippen molar-refractivity contribution in [1.29, 1.82) is 0 Å². The number of nitrogens with one attached hydrogen (secondary N) is 1. The number of phenolic OH excluding ortho intramolecular Hbond substituents is 1. The van der Waals surface area contributed by atoms with E-state index in [9.17, 15) is 5.11 Å². The SMILES string of the molecule is CCC1CCCC(NCc2cc(Br)c(O)c(Br)c2)C1. The maximum absolute atomic E-state index is 9.70. The lowest BCUT2D eigenvalue weighted by atomic mass is 9.84. The minimum atomic E-state index is 0.271. The van der Waals surface area contributed by atoms with Gasteiger partial charge in [-0.3, -0.25) is 0 Å². The van der Waals surface area contributed by atoms with Crippen LogP contribution in [0.1, 0.15) is 44.6 Å².